The summed E-state index contributed by atoms with van der Waals surface area (Å²) in [5.74, 6) is 0. The Kier molecular flexibility index (Phi) is 5.59. The number of amides is 1. The van der Waals surface area contributed by atoms with E-state index in [1.54, 1.807) is 4.72 Å². The van der Waals surface area contributed by atoms with Gasteiger partial charge in [0, 0.05) is 12.6 Å². The highest BCUT2D eigenvalue weighted by Gasteiger charge is 2.41. The fraction of sp³-hybridized carbons (Fsp3) is 0.889. The molecule has 2 atom stereocenters. The lowest BCUT2D eigenvalue weighted by Gasteiger charge is -2.31. The van der Waals surface area contributed by atoms with Gasteiger partial charge < -0.3 is 10.1 Å². The van der Waals surface area contributed by atoms with Gasteiger partial charge in [0.2, 0.25) is 0 Å². The Hall–Kier alpha value is -1.07. The van der Waals surface area contributed by atoms with Crippen LogP contribution in [0.25, 0.3) is 0 Å². The quantitative estimate of drug-likeness (QED) is 0.690. The molecule has 1 fully saturated rings. The SMILES string of the molecule is CCOC(=O)NS(=O)(=O)NC1CCC(C(F)(F)F)NC1. The molecule has 0 aromatic heterocycles. The highest BCUT2D eigenvalue weighted by atomic mass is 32.2. The number of piperidine rings is 1. The molecule has 0 aromatic rings. The number of hydrogen-bond acceptors (Lipinski definition) is 5. The smallest absolute Gasteiger partial charge is 0.421 e. The van der Waals surface area contributed by atoms with E-state index in [1.807, 2.05) is 0 Å². The molecule has 1 amide bonds. The topological polar surface area (TPSA) is 96.5 Å². The van der Waals surface area contributed by atoms with Crippen molar-refractivity contribution in [2.45, 2.75) is 38.0 Å². The van der Waals surface area contributed by atoms with Gasteiger partial charge in [0.15, 0.2) is 0 Å². The van der Waals surface area contributed by atoms with Gasteiger partial charge in [-0.25, -0.2) is 9.52 Å². The zero-order valence-electron chi connectivity index (χ0n) is 10.7. The highest BCUT2D eigenvalue weighted by molar-refractivity contribution is 7.88. The van der Waals surface area contributed by atoms with Crippen LogP contribution in [0.5, 0.6) is 0 Å². The Morgan fingerprint density at radius 2 is 2.05 bits per heavy atom. The minimum Gasteiger partial charge on any atom is -0.449 e. The largest absolute Gasteiger partial charge is 0.449 e. The number of carbonyl (C=O) groups excluding carboxylic acids is 1. The second kappa shape index (κ2) is 6.59. The van der Waals surface area contributed by atoms with Crippen molar-refractivity contribution < 1.29 is 31.1 Å². The van der Waals surface area contributed by atoms with E-state index in [9.17, 15) is 26.4 Å². The van der Waals surface area contributed by atoms with E-state index in [0.717, 1.165) is 0 Å². The van der Waals surface area contributed by atoms with E-state index >= 15 is 0 Å². The first-order chi connectivity index (χ1) is 9.14. The van der Waals surface area contributed by atoms with Gasteiger partial charge in [-0.05, 0) is 19.8 Å². The van der Waals surface area contributed by atoms with Crippen LogP contribution in [0.3, 0.4) is 0 Å². The molecule has 0 bridgehead atoms. The van der Waals surface area contributed by atoms with Crippen LogP contribution >= 0.6 is 0 Å². The Morgan fingerprint density at radius 1 is 1.40 bits per heavy atom. The fourth-order valence-corrected chi connectivity index (χ4v) is 2.73. The molecule has 0 radical (unpaired) electrons. The summed E-state index contributed by atoms with van der Waals surface area (Å²) in [7, 11) is -4.15. The number of nitrogens with one attached hydrogen (secondary N) is 3. The van der Waals surface area contributed by atoms with Gasteiger partial charge in [-0.1, -0.05) is 0 Å². The fourth-order valence-electron chi connectivity index (χ4n) is 1.76. The summed E-state index contributed by atoms with van der Waals surface area (Å²) < 4.78 is 68.2. The van der Waals surface area contributed by atoms with Crippen LogP contribution in [0.1, 0.15) is 19.8 Å². The molecule has 1 saturated heterocycles. The van der Waals surface area contributed by atoms with Crippen LogP contribution in [0.4, 0.5) is 18.0 Å². The molecule has 1 aliphatic heterocycles. The van der Waals surface area contributed by atoms with E-state index in [1.165, 1.54) is 6.92 Å². The molecular weight excluding hydrogens is 303 g/mol. The van der Waals surface area contributed by atoms with E-state index in [2.05, 4.69) is 14.8 Å². The van der Waals surface area contributed by atoms with Crippen molar-refractivity contribution >= 4 is 16.3 Å². The lowest BCUT2D eigenvalue weighted by atomic mass is 10.0. The van der Waals surface area contributed by atoms with E-state index < -0.39 is 34.6 Å². The normalized spacial score (nSPS) is 24.2. The van der Waals surface area contributed by atoms with Crippen LogP contribution in [0, 0.1) is 0 Å². The van der Waals surface area contributed by atoms with E-state index in [0.29, 0.717) is 0 Å². The van der Waals surface area contributed by atoms with E-state index in [-0.39, 0.29) is 26.0 Å². The summed E-state index contributed by atoms with van der Waals surface area (Å²) in [4.78, 5) is 11.0. The molecule has 1 aliphatic rings. The first kappa shape index (κ1) is 17.0. The molecule has 118 valence electrons. The average molecular weight is 319 g/mol. The molecule has 0 aliphatic carbocycles. The number of ether oxygens (including phenoxy) is 1. The Balaban J connectivity index is 2.45. The molecule has 1 rings (SSSR count). The molecule has 0 saturated carbocycles. The molecule has 11 heteroatoms. The van der Waals surface area contributed by atoms with Crippen molar-refractivity contribution in [3.05, 3.63) is 0 Å². The lowest BCUT2D eigenvalue weighted by molar-refractivity contribution is -0.160. The van der Waals surface area contributed by atoms with Crippen molar-refractivity contribution in [1.29, 1.82) is 0 Å². The van der Waals surface area contributed by atoms with Gasteiger partial charge in [0.05, 0.1) is 6.61 Å². The summed E-state index contributed by atoms with van der Waals surface area (Å²) >= 11 is 0. The monoisotopic (exact) mass is 319 g/mol. The molecule has 7 nitrogen and oxygen atoms in total. The van der Waals surface area contributed by atoms with Gasteiger partial charge in [-0.15, -0.1) is 0 Å². The minimum absolute atomic E-state index is 0.000397. The van der Waals surface area contributed by atoms with Crippen molar-refractivity contribution in [3.8, 4) is 0 Å². The summed E-state index contributed by atoms with van der Waals surface area (Å²) in [5.41, 5.74) is 0. The van der Waals surface area contributed by atoms with Crippen molar-refractivity contribution in [1.82, 2.24) is 14.8 Å². The third kappa shape index (κ3) is 5.51. The average Bonchev–Trinajstić information content (AvgIpc) is 2.27. The second-order valence-corrected chi connectivity index (χ2v) is 5.67. The van der Waals surface area contributed by atoms with Crippen molar-refractivity contribution in [2.75, 3.05) is 13.2 Å². The summed E-state index contributed by atoms with van der Waals surface area (Å²) in [5, 5.41) is 2.21. The highest BCUT2D eigenvalue weighted by Crippen LogP contribution is 2.26. The van der Waals surface area contributed by atoms with Crippen LogP contribution in [-0.4, -0.2) is 45.9 Å². The van der Waals surface area contributed by atoms with Crippen LogP contribution in [0.15, 0.2) is 0 Å². The predicted octanol–water partition coefficient (Wildman–Crippen LogP) is 0.250. The first-order valence-electron chi connectivity index (χ1n) is 5.91. The number of carbonyl (C=O) groups is 1. The molecular formula is C9H16F3N3O4S. The molecule has 0 spiro atoms. The molecule has 3 N–H and O–H groups in total. The van der Waals surface area contributed by atoms with Crippen LogP contribution in [-0.2, 0) is 14.9 Å². The maximum Gasteiger partial charge on any atom is 0.421 e. The molecule has 0 aromatic carbocycles. The minimum atomic E-state index is -4.35. The summed E-state index contributed by atoms with van der Waals surface area (Å²) in [6.45, 7) is 1.33. The summed E-state index contributed by atoms with van der Waals surface area (Å²) in [6, 6.07) is -2.36. The maximum absolute atomic E-state index is 12.4. The number of rotatable bonds is 4. The molecule has 20 heavy (non-hydrogen) atoms. The lowest BCUT2D eigenvalue weighted by Crippen LogP contribution is -2.56. The Morgan fingerprint density at radius 3 is 2.50 bits per heavy atom. The van der Waals surface area contributed by atoms with Gasteiger partial charge in [-0.3, -0.25) is 0 Å². The second-order valence-electron chi connectivity index (χ2n) is 4.22. The third-order valence-corrected chi connectivity index (χ3v) is 3.70. The number of alkyl halides is 3. The predicted molar refractivity (Wildman–Crippen MR) is 63.1 cm³/mol. The maximum atomic E-state index is 12.4. The standard InChI is InChI=1S/C9H16F3N3O4S/c1-2-19-8(16)15-20(17,18)14-6-3-4-7(13-5-6)9(10,11)12/h6-7,13-14H,2-5H2,1H3,(H,15,16). The van der Waals surface area contributed by atoms with Gasteiger partial charge in [0.25, 0.3) is 0 Å². The first-order valence-corrected chi connectivity index (χ1v) is 7.39. The zero-order chi connectivity index (χ0) is 15.4. The zero-order valence-corrected chi connectivity index (χ0v) is 11.5. The molecule has 2 unspecified atom stereocenters. The van der Waals surface area contributed by atoms with E-state index in [4.69, 9.17) is 0 Å². The number of halogens is 3. The van der Waals surface area contributed by atoms with Gasteiger partial charge >= 0.3 is 22.5 Å². The van der Waals surface area contributed by atoms with Crippen LogP contribution in [0.2, 0.25) is 0 Å². The van der Waals surface area contributed by atoms with Crippen molar-refractivity contribution in [2.24, 2.45) is 0 Å². The van der Waals surface area contributed by atoms with Crippen molar-refractivity contribution in [3.63, 3.8) is 0 Å². The van der Waals surface area contributed by atoms with Gasteiger partial charge in [-0.2, -0.15) is 26.3 Å². The van der Waals surface area contributed by atoms with Gasteiger partial charge in [0.1, 0.15) is 6.04 Å². The Bertz CT molecular complexity index is 432. The van der Waals surface area contributed by atoms with Crippen LogP contribution < -0.4 is 14.8 Å². The number of hydrogen-bond donors (Lipinski definition) is 3. The third-order valence-electron chi connectivity index (χ3n) is 2.62. The molecule has 1 heterocycles. The Labute approximate surface area is 114 Å². The summed E-state index contributed by atoms with van der Waals surface area (Å²) in [6.07, 6.45) is -5.72.